The van der Waals surface area contributed by atoms with Crippen LogP contribution in [0.1, 0.15) is 12.0 Å². The van der Waals surface area contributed by atoms with E-state index in [0.717, 1.165) is 43.2 Å². The van der Waals surface area contributed by atoms with E-state index in [1.54, 1.807) is 12.0 Å². The van der Waals surface area contributed by atoms with Crippen molar-refractivity contribution in [1.29, 1.82) is 0 Å². The number of piperazine rings is 2. The number of carbonyl (C=O) groups excluding carboxylic acids is 3. The zero-order chi connectivity index (χ0) is 24.8. The zero-order valence-electron chi connectivity index (χ0n) is 20.3. The third-order valence-corrected chi connectivity index (χ3v) is 6.60. The van der Waals surface area contributed by atoms with Crippen molar-refractivity contribution in [2.45, 2.75) is 19.4 Å². The van der Waals surface area contributed by atoms with Crippen molar-refractivity contribution in [3.05, 3.63) is 54.1 Å². The van der Waals surface area contributed by atoms with Crippen LogP contribution in [0.15, 0.2) is 48.5 Å². The first kappa shape index (κ1) is 24.5. The topological polar surface area (TPSA) is 94.2 Å². The lowest BCUT2D eigenvalue weighted by Crippen LogP contribution is -2.60. The molecule has 2 saturated heterocycles. The summed E-state index contributed by atoms with van der Waals surface area (Å²) in [7, 11) is 1.66. The zero-order valence-corrected chi connectivity index (χ0v) is 20.3. The molecule has 0 saturated carbocycles. The van der Waals surface area contributed by atoms with Crippen LogP contribution in [0, 0.1) is 6.92 Å². The van der Waals surface area contributed by atoms with Gasteiger partial charge in [-0.25, -0.2) is 0 Å². The van der Waals surface area contributed by atoms with Crippen molar-refractivity contribution in [1.82, 2.24) is 15.1 Å². The number of ether oxygens (including phenoxy) is 1. The molecule has 9 nitrogen and oxygen atoms in total. The van der Waals surface area contributed by atoms with Gasteiger partial charge in [-0.1, -0.05) is 24.3 Å². The van der Waals surface area contributed by atoms with E-state index in [4.69, 9.17) is 4.74 Å². The van der Waals surface area contributed by atoms with Gasteiger partial charge >= 0.3 is 0 Å². The summed E-state index contributed by atoms with van der Waals surface area (Å²) in [6, 6.07) is 14.6. The summed E-state index contributed by atoms with van der Waals surface area (Å²) in [5, 5.41) is 5.66. The molecular weight excluding hydrogens is 446 g/mol. The van der Waals surface area contributed by atoms with E-state index in [9.17, 15) is 14.4 Å². The Balaban J connectivity index is 1.33. The Kier molecular flexibility index (Phi) is 7.87. The normalized spacial score (nSPS) is 18.7. The number of hydrogen-bond donors (Lipinski definition) is 2. The standard InChI is InChI=1S/C26H33N5O4/c1-19-6-3-4-9-22(19)28-24(32)17-23-26(34)27-10-11-31(23)25(33)18-29-12-14-30(15-13-29)20-7-5-8-21(16-20)35-2/h3-9,16,23H,10-15,17-18H2,1-2H3,(H,27,34)(H,28,32)/t23-/m0/s1. The SMILES string of the molecule is COc1cccc(N2CCN(CC(=O)N3CCNC(=O)[C@@H]3CC(=O)Nc3ccccc3C)CC2)c1. The first-order chi connectivity index (χ1) is 16.9. The maximum atomic E-state index is 13.2. The Labute approximate surface area is 206 Å². The molecule has 0 radical (unpaired) electrons. The first-order valence-electron chi connectivity index (χ1n) is 12.0. The predicted octanol–water partition coefficient (Wildman–Crippen LogP) is 1.48. The number of methoxy groups -OCH3 is 1. The summed E-state index contributed by atoms with van der Waals surface area (Å²) >= 11 is 0. The van der Waals surface area contributed by atoms with Gasteiger partial charge in [-0.2, -0.15) is 0 Å². The summed E-state index contributed by atoms with van der Waals surface area (Å²) in [6.07, 6.45) is -0.0739. The summed E-state index contributed by atoms with van der Waals surface area (Å²) in [6.45, 7) is 6.00. The van der Waals surface area contributed by atoms with Crippen LogP contribution >= 0.6 is 0 Å². The molecule has 0 aromatic heterocycles. The van der Waals surface area contributed by atoms with E-state index in [1.807, 2.05) is 49.4 Å². The minimum atomic E-state index is -0.807. The van der Waals surface area contributed by atoms with Gasteiger partial charge in [0.05, 0.1) is 20.1 Å². The van der Waals surface area contributed by atoms with E-state index in [2.05, 4.69) is 26.5 Å². The molecular formula is C26H33N5O4. The van der Waals surface area contributed by atoms with Crippen molar-refractivity contribution >= 4 is 29.1 Å². The fourth-order valence-corrected chi connectivity index (χ4v) is 4.56. The summed E-state index contributed by atoms with van der Waals surface area (Å²) in [5.74, 6) is 0.128. The van der Waals surface area contributed by atoms with Gasteiger partial charge in [0.1, 0.15) is 11.8 Å². The second kappa shape index (κ2) is 11.2. The van der Waals surface area contributed by atoms with E-state index in [-0.39, 0.29) is 30.7 Å². The molecule has 9 heteroatoms. The number of rotatable bonds is 7. The molecule has 186 valence electrons. The molecule has 2 aliphatic heterocycles. The molecule has 0 unspecified atom stereocenters. The fourth-order valence-electron chi connectivity index (χ4n) is 4.56. The minimum Gasteiger partial charge on any atom is -0.497 e. The number of anilines is 2. The molecule has 4 rings (SSSR count). The Bertz CT molecular complexity index is 1070. The van der Waals surface area contributed by atoms with Gasteiger partial charge in [-0.05, 0) is 30.7 Å². The molecule has 0 bridgehead atoms. The lowest BCUT2D eigenvalue weighted by atomic mass is 10.1. The van der Waals surface area contributed by atoms with Gasteiger partial charge in [-0.15, -0.1) is 0 Å². The highest BCUT2D eigenvalue weighted by molar-refractivity contribution is 5.98. The summed E-state index contributed by atoms with van der Waals surface area (Å²) < 4.78 is 5.32. The number of aryl methyl sites for hydroxylation is 1. The first-order valence-corrected chi connectivity index (χ1v) is 12.0. The highest BCUT2D eigenvalue weighted by Gasteiger charge is 2.35. The van der Waals surface area contributed by atoms with Crippen molar-refractivity contribution in [2.24, 2.45) is 0 Å². The Hall–Kier alpha value is -3.59. The van der Waals surface area contributed by atoms with Crippen LogP contribution in [0.3, 0.4) is 0 Å². The van der Waals surface area contributed by atoms with Gasteiger partial charge in [0.2, 0.25) is 17.7 Å². The highest BCUT2D eigenvalue weighted by atomic mass is 16.5. The van der Waals surface area contributed by atoms with Crippen molar-refractivity contribution in [2.75, 3.05) is 63.1 Å². The fraction of sp³-hybridized carbons (Fsp3) is 0.423. The van der Waals surface area contributed by atoms with Crippen molar-refractivity contribution in [3.8, 4) is 5.75 Å². The molecule has 35 heavy (non-hydrogen) atoms. The average molecular weight is 480 g/mol. The van der Waals surface area contributed by atoms with Gasteiger partial charge in [-0.3, -0.25) is 19.3 Å². The molecule has 2 fully saturated rings. The van der Waals surface area contributed by atoms with E-state index >= 15 is 0 Å². The molecule has 2 aliphatic rings. The number of carbonyl (C=O) groups is 3. The van der Waals surface area contributed by atoms with Crippen LogP contribution in [0.5, 0.6) is 5.75 Å². The van der Waals surface area contributed by atoms with Gasteiger partial charge < -0.3 is 25.2 Å². The molecule has 2 aromatic rings. The average Bonchev–Trinajstić information content (AvgIpc) is 2.87. The third-order valence-electron chi connectivity index (χ3n) is 6.60. The quantitative estimate of drug-likeness (QED) is 0.625. The second-order valence-electron chi connectivity index (χ2n) is 8.93. The molecule has 0 spiro atoms. The van der Waals surface area contributed by atoms with Gasteiger partial charge in [0, 0.05) is 56.7 Å². The molecule has 2 heterocycles. The highest BCUT2D eigenvalue weighted by Crippen LogP contribution is 2.22. The molecule has 1 atom stereocenters. The van der Waals surface area contributed by atoms with E-state index in [0.29, 0.717) is 18.8 Å². The largest absolute Gasteiger partial charge is 0.497 e. The third kappa shape index (κ3) is 6.10. The van der Waals surface area contributed by atoms with E-state index < -0.39 is 6.04 Å². The lowest BCUT2D eigenvalue weighted by molar-refractivity contribution is -0.145. The van der Waals surface area contributed by atoms with Gasteiger partial charge in [0.15, 0.2) is 0 Å². The van der Waals surface area contributed by atoms with Crippen molar-refractivity contribution in [3.63, 3.8) is 0 Å². The Morgan fingerprint density at radius 1 is 1.06 bits per heavy atom. The number of amides is 3. The van der Waals surface area contributed by atoms with Crippen LogP contribution in [0.4, 0.5) is 11.4 Å². The molecule has 2 N–H and O–H groups in total. The number of hydrogen-bond acceptors (Lipinski definition) is 6. The maximum absolute atomic E-state index is 13.2. The number of nitrogens with one attached hydrogen (secondary N) is 2. The van der Waals surface area contributed by atoms with Crippen LogP contribution in [0.2, 0.25) is 0 Å². The number of para-hydroxylation sites is 1. The van der Waals surface area contributed by atoms with Crippen LogP contribution in [0.25, 0.3) is 0 Å². The monoisotopic (exact) mass is 479 g/mol. The lowest BCUT2D eigenvalue weighted by Gasteiger charge is -2.39. The summed E-state index contributed by atoms with van der Waals surface area (Å²) in [4.78, 5) is 44.4. The number of benzene rings is 2. The van der Waals surface area contributed by atoms with Crippen LogP contribution in [-0.2, 0) is 14.4 Å². The second-order valence-corrected chi connectivity index (χ2v) is 8.93. The number of nitrogens with zero attached hydrogens (tertiary/aromatic N) is 3. The predicted molar refractivity (Wildman–Crippen MR) is 135 cm³/mol. The Morgan fingerprint density at radius 3 is 2.57 bits per heavy atom. The van der Waals surface area contributed by atoms with E-state index in [1.165, 1.54) is 0 Å². The Morgan fingerprint density at radius 2 is 1.83 bits per heavy atom. The maximum Gasteiger partial charge on any atom is 0.243 e. The molecule has 0 aliphatic carbocycles. The smallest absolute Gasteiger partial charge is 0.243 e. The van der Waals surface area contributed by atoms with Crippen LogP contribution < -0.4 is 20.3 Å². The molecule has 2 aromatic carbocycles. The van der Waals surface area contributed by atoms with Crippen molar-refractivity contribution < 1.29 is 19.1 Å². The van der Waals surface area contributed by atoms with Gasteiger partial charge in [0.25, 0.3) is 0 Å². The minimum absolute atomic E-state index is 0.0739. The molecule has 3 amide bonds. The summed E-state index contributed by atoms with van der Waals surface area (Å²) in [5.41, 5.74) is 2.75. The van der Waals surface area contributed by atoms with Crippen LogP contribution in [-0.4, -0.2) is 86.5 Å².